The van der Waals surface area contributed by atoms with E-state index in [9.17, 15) is 4.79 Å². The predicted octanol–water partition coefficient (Wildman–Crippen LogP) is 3.35. The molecule has 2 heterocycles. The van der Waals surface area contributed by atoms with Crippen molar-refractivity contribution in [1.29, 1.82) is 0 Å². The van der Waals surface area contributed by atoms with Gasteiger partial charge in [0.2, 0.25) is 5.89 Å². The summed E-state index contributed by atoms with van der Waals surface area (Å²) in [4.78, 5) is 12.3. The SMILES string of the molecule is Cc1nnc(SCC(=O)c2cc(C)n(C(C)C)c2C)o1. The molecule has 0 saturated heterocycles. The number of aryl methyl sites for hydroxylation is 2. The number of hydrogen-bond donors (Lipinski definition) is 0. The predicted molar refractivity (Wildman–Crippen MR) is 78.4 cm³/mol. The number of aromatic nitrogens is 3. The van der Waals surface area contributed by atoms with E-state index in [1.54, 1.807) is 6.92 Å². The highest BCUT2D eigenvalue weighted by Crippen LogP contribution is 2.23. The van der Waals surface area contributed by atoms with Crippen LogP contribution < -0.4 is 0 Å². The Balaban J connectivity index is 2.12. The Morgan fingerprint density at radius 2 is 2.05 bits per heavy atom. The van der Waals surface area contributed by atoms with Gasteiger partial charge in [-0.25, -0.2) is 0 Å². The van der Waals surface area contributed by atoms with Crippen LogP contribution in [0.5, 0.6) is 0 Å². The molecular weight excluding hydrogens is 274 g/mol. The summed E-state index contributed by atoms with van der Waals surface area (Å²) in [6, 6.07) is 2.31. The summed E-state index contributed by atoms with van der Waals surface area (Å²) >= 11 is 1.28. The maximum Gasteiger partial charge on any atom is 0.277 e. The van der Waals surface area contributed by atoms with E-state index in [0.29, 0.717) is 22.9 Å². The third-order valence-electron chi connectivity index (χ3n) is 3.14. The van der Waals surface area contributed by atoms with Crippen molar-refractivity contribution in [2.24, 2.45) is 0 Å². The molecular formula is C14H19N3O2S. The van der Waals surface area contributed by atoms with Gasteiger partial charge in [-0.2, -0.15) is 0 Å². The highest BCUT2D eigenvalue weighted by atomic mass is 32.2. The third-order valence-corrected chi connectivity index (χ3v) is 3.95. The fraction of sp³-hybridized carbons (Fsp3) is 0.500. The first-order chi connectivity index (χ1) is 9.40. The van der Waals surface area contributed by atoms with Gasteiger partial charge in [0, 0.05) is 29.9 Å². The first-order valence-electron chi connectivity index (χ1n) is 6.54. The molecule has 0 aromatic carbocycles. The van der Waals surface area contributed by atoms with Crippen LogP contribution in [0.2, 0.25) is 0 Å². The van der Waals surface area contributed by atoms with Gasteiger partial charge in [-0.15, -0.1) is 10.2 Å². The smallest absolute Gasteiger partial charge is 0.277 e. The van der Waals surface area contributed by atoms with E-state index in [1.165, 1.54) is 11.8 Å². The molecule has 0 saturated carbocycles. The van der Waals surface area contributed by atoms with Gasteiger partial charge in [-0.1, -0.05) is 11.8 Å². The van der Waals surface area contributed by atoms with Crippen molar-refractivity contribution >= 4 is 17.5 Å². The van der Waals surface area contributed by atoms with Crippen molar-refractivity contribution in [1.82, 2.24) is 14.8 Å². The van der Waals surface area contributed by atoms with Crippen molar-refractivity contribution < 1.29 is 9.21 Å². The summed E-state index contributed by atoms with van der Waals surface area (Å²) in [5, 5.41) is 8.06. The average molecular weight is 293 g/mol. The van der Waals surface area contributed by atoms with Crippen molar-refractivity contribution in [3.63, 3.8) is 0 Å². The summed E-state index contributed by atoms with van der Waals surface area (Å²) in [5.74, 6) is 0.910. The van der Waals surface area contributed by atoms with Gasteiger partial charge in [0.25, 0.3) is 5.22 Å². The second kappa shape index (κ2) is 5.83. The maximum absolute atomic E-state index is 12.3. The van der Waals surface area contributed by atoms with Gasteiger partial charge >= 0.3 is 0 Å². The molecule has 0 atom stereocenters. The molecule has 0 bridgehead atoms. The van der Waals surface area contributed by atoms with Crippen LogP contribution in [-0.2, 0) is 0 Å². The second-order valence-electron chi connectivity index (χ2n) is 5.05. The Kier molecular flexibility index (Phi) is 4.32. The fourth-order valence-electron chi connectivity index (χ4n) is 2.40. The molecule has 0 fully saturated rings. The van der Waals surface area contributed by atoms with Gasteiger partial charge in [0.1, 0.15) is 0 Å². The van der Waals surface area contributed by atoms with Crippen LogP contribution in [0, 0.1) is 20.8 Å². The van der Waals surface area contributed by atoms with Gasteiger partial charge in [0.15, 0.2) is 5.78 Å². The summed E-state index contributed by atoms with van der Waals surface area (Å²) in [5.41, 5.74) is 2.91. The molecule has 2 aromatic heterocycles. The summed E-state index contributed by atoms with van der Waals surface area (Å²) in [7, 11) is 0. The lowest BCUT2D eigenvalue weighted by Crippen LogP contribution is -2.08. The number of Topliss-reactive ketones (excluding diaryl/α,β-unsaturated/α-hetero) is 1. The molecule has 20 heavy (non-hydrogen) atoms. The van der Waals surface area contributed by atoms with Crippen LogP contribution in [0.1, 0.15) is 47.5 Å². The molecule has 0 N–H and O–H groups in total. The summed E-state index contributed by atoms with van der Waals surface area (Å²) in [6.45, 7) is 9.98. The molecule has 2 rings (SSSR count). The van der Waals surface area contributed by atoms with Crippen LogP contribution in [-0.4, -0.2) is 26.3 Å². The number of rotatable bonds is 5. The molecule has 0 amide bonds. The summed E-state index contributed by atoms with van der Waals surface area (Å²) in [6.07, 6.45) is 0. The van der Waals surface area contributed by atoms with Crippen LogP contribution in [0.4, 0.5) is 0 Å². The zero-order valence-corrected chi connectivity index (χ0v) is 13.2. The minimum absolute atomic E-state index is 0.0888. The van der Waals surface area contributed by atoms with Gasteiger partial charge in [-0.05, 0) is 33.8 Å². The molecule has 0 aliphatic heterocycles. The Labute approximate surface area is 122 Å². The third kappa shape index (κ3) is 2.95. The van der Waals surface area contributed by atoms with Gasteiger partial charge in [0.05, 0.1) is 5.75 Å². The van der Waals surface area contributed by atoms with Gasteiger partial charge in [-0.3, -0.25) is 4.79 Å². The minimum Gasteiger partial charge on any atom is -0.416 e. The van der Waals surface area contributed by atoms with E-state index < -0.39 is 0 Å². The van der Waals surface area contributed by atoms with Crippen molar-refractivity contribution in [2.45, 2.75) is 45.9 Å². The molecule has 0 spiro atoms. The van der Waals surface area contributed by atoms with Crippen LogP contribution in [0.15, 0.2) is 15.7 Å². The zero-order chi connectivity index (χ0) is 14.9. The van der Waals surface area contributed by atoms with Crippen molar-refractivity contribution in [2.75, 3.05) is 5.75 Å². The largest absolute Gasteiger partial charge is 0.416 e. The lowest BCUT2D eigenvalue weighted by molar-refractivity contribution is 0.102. The van der Waals surface area contributed by atoms with E-state index in [4.69, 9.17) is 4.42 Å². The number of hydrogen-bond acceptors (Lipinski definition) is 5. The lowest BCUT2D eigenvalue weighted by Gasteiger charge is -2.13. The quantitative estimate of drug-likeness (QED) is 0.625. The first-order valence-corrected chi connectivity index (χ1v) is 7.53. The van der Waals surface area contributed by atoms with E-state index >= 15 is 0 Å². The Morgan fingerprint density at radius 1 is 1.35 bits per heavy atom. The first kappa shape index (κ1) is 14.8. The summed E-state index contributed by atoms with van der Waals surface area (Å²) < 4.78 is 7.43. The highest BCUT2D eigenvalue weighted by molar-refractivity contribution is 7.99. The number of ketones is 1. The molecule has 0 unspecified atom stereocenters. The fourth-order valence-corrected chi connectivity index (χ4v) is 3.08. The molecule has 0 aliphatic carbocycles. The van der Waals surface area contributed by atoms with Crippen LogP contribution in [0.25, 0.3) is 0 Å². The zero-order valence-electron chi connectivity index (χ0n) is 12.4. The van der Waals surface area contributed by atoms with Crippen LogP contribution in [0.3, 0.4) is 0 Å². The standard InChI is InChI=1S/C14H19N3O2S/c1-8(2)17-9(3)6-12(10(17)4)13(18)7-20-14-16-15-11(5)19-14/h6,8H,7H2,1-5H3. The highest BCUT2D eigenvalue weighted by Gasteiger charge is 2.18. The lowest BCUT2D eigenvalue weighted by atomic mass is 10.2. The molecule has 5 nitrogen and oxygen atoms in total. The average Bonchev–Trinajstić information content (AvgIpc) is 2.90. The van der Waals surface area contributed by atoms with Crippen molar-refractivity contribution in [3.05, 3.63) is 28.9 Å². The second-order valence-corrected chi connectivity index (χ2v) is 5.97. The van der Waals surface area contributed by atoms with E-state index in [2.05, 4.69) is 28.6 Å². The van der Waals surface area contributed by atoms with E-state index in [1.807, 2.05) is 19.9 Å². The number of carbonyl (C=O) groups excluding carboxylic acids is 1. The normalized spacial score (nSPS) is 11.3. The molecule has 108 valence electrons. The topological polar surface area (TPSA) is 60.9 Å². The minimum atomic E-state index is 0.0888. The Morgan fingerprint density at radius 3 is 2.55 bits per heavy atom. The van der Waals surface area contributed by atoms with E-state index in [-0.39, 0.29) is 5.78 Å². The Bertz CT molecular complexity index is 628. The number of nitrogens with zero attached hydrogens (tertiary/aromatic N) is 3. The van der Waals surface area contributed by atoms with E-state index in [0.717, 1.165) is 17.0 Å². The van der Waals surface area contributed by atoms with Crippen molar-refractivity contribution in [3.8, 4) is 0 Å². The molecule has 6 heteroatoms. The maximum atomic E-state index is 12.3. The van der Waals surface area contributed by atoms with Gasteiger partial charge < -0.3 is 8.98 Å². The molecule has 2 aromatic rings. The molecule has 0 radical (unpaired) electrons. The van der Waals surface area contributed by atoms with Crippen LogP contribution >= 0.6 is 11.8 Å². The number of carbonyl (C=O) groups is 1. The Hall–Kier alpha value is -1.56. The molecule has 0 aliphatic rings. The number of thioether (sulfide) groups is 1. The monoisotopic (exact) mass is 293 g/mol.